The van der Waals surface area contributed by atoms with Gasteiger partial charge in [-0.3, -0.25) is 4.79 Å². The highest BCUT2D eigenvalue weighted by molar-refractivity contribution is 5.72. The van der Waals surface area contributed by atoms with E-state index < -0.39 is 0 Å². The van der Waals surface area contributed by atoms with E-state index in [9.17, 15) is 9.18 Å². The summed E-state index contributed by atoms with van der Waals surface area (Å²) in [6, 6.07) is 15.1. The van der Waals surface area contributed by atoms with Gasteiger partial charge in [0, 0.05) is 6.42 Å². The monoisotopic (exact) mass is 244 g/mol. The van der Waals surface area contributed by atoms with E-state index in [0.717, 1.165) is 5.56 Å². The van der Waals surface area contributed by atoms with Crippen molar-refractivity contribution >= 4 is 5.97 Å². The number of carbonyl (C=O) groups excluding carboxylic acids is 1. The zero-order valence-electron chi connectivity index (χ0n) is 9.80. The molecule has 0 saturated carbocycles. The van der Waals surface area contributed by atoms with E-state index in [1.165, 1.54) is 12.1 Å². The zero-order valence-corrected chi connectivity index (χ0v) is 9.80. The van der Waals surface area contributed by atoms with Crippen LogP contribution in [-0.4, -0.2) is 5.97 Å². The maximum absolute atomic E-state index is 12.7. The van der Waals surface area contributed by atoms with Gasteiger partial charge in [0.05, 0.1) is 0 Å². The highest BCUT2D eigenvalue weighted by atomic mass is 19.1. The maximum atomic E-state index is 12.7. The first-order chi connectivity index (χ1) is 8.74. The molecule has 3 heteroatoms. The van der Waals surface area contributed by atoms with Crippen molar-refractivity contribution in [2.45, 2.75) is 12.8 Å². The molecule has 0 amide bonds. The fraction of sp³-hybridized carbons (Fsp3) is 0.133. The van der Waals surface area contributed by atoms with Gasteiger partial charge in [0.25, 0.3) is 0 Å². The Morgan fingerprint density at radius 2 is 1.67 bits per heavy atom. The third kappa shape index (κ3) is 3.70. The normalized spacial score (nSPS) is 10.1. The Kier molecular flexibility index (Phi) is 4.07. The highest BCUT2D eigenvalue weighted by Crippen LogP contribution is 2.11. The molecule has 0 saturated heterocycles. The van der Waals surface area contributed by atoms with E-state index in [-0.39, 0.29) is 18.2 Å². The van der Waals surface area contributed by atoms with Crippen LogP contribution in [-0.2, 0) is 11.2 Å². The SMILES string of the molecule is O=C(CCc1ccc(F)cc1)Oc1ccccc1. The van der Waals surface area contributed by atoms with Gasteiger partial charge in [-0.2, -0.15) is 0 Å². The first-order valence-electron chi connectivity index (χ1n) is 5.74. The van der Waals surface area contributed by atoms with Crippen LogP contribution in [0, 0.1) is 5.82 Å². The van der Waals surface area contributed by atoms with Gasteiger partial charge in [0.1, 0.15) is 11.6 Å². The molecule has 0 spiro atoms. The molecule has 18 heavy (non-hydrogen) atoms. The minimum atomic E-state index is -0.287. The molecule has 0 radical (unpaired) electrons. The van der Waals surface area contributed by atoms with Crippen LogP contribution in [0.2, 0.25) is 0 Å². The smallest absolute Gasteiger partial charge is 0.311 e. The third-order valence-corrected chi connectivity index (χ3v) is 2.51. The first kappa shape index (κ1) is 12.3. The van der Waals surface area contributed by atoms with E-state index in [4.69, 9.17) is 4.74 Å². The van der Waals surface area contributed by atoms with Gasteiger partial charge in [0.15, 0.2) is 0 Å². The molecule has 0 fully saturated rings. The van der Waals surface area contributed by atoms with Crippen molar-refractivity contribution in [3.8, 4) is 5.75 Å². The van der Waals surface area contributed by atoms with Crippen molar-refractivity contribution in [2.24, 2.45) is 0 Å². The van der Waals surface area contributed by atoms with Crippen LogP contribution >= 0.6 is 0 Å². The van der Waals surface area contributed by atoms with E-state index in [1.54, 1.807) is 24.3 Å². The van der Waals surface area contributed by atoms with Crippen molar-refractivity contribution in [3.05, 3.63) is 66.0 Å². The van der Waals surface area contributed by atoms with Gasteiger partial charge in [0.2, 0.25) is 0 Å². The van der Waals surface area contributed by atoms with Crippen molar-refractivity contribution in [2.75, 3.05) is 0 Å². The standard InChI is InChI=1S/C15H13FO2/c16-13-9-6-12(7-10-13)8-11-15(17)18-14-4-2-1-3-5-14/h1-7,9-10H,8,11H2. The lowest BCUT2D eigenvalue weighted by Gasteiger charge is -2.04. The summed E-state index contributed by atoms with van der Waals surface area (Å²) in [6.45, 7) is 0. The molecular formula is C15H13FO2. The van der Waals surface area contributed by atoms with E-state index >= 15 is 0 Å². The van der Waals surface area contributed by atoms with Crippen LogP contribution in [0.4, 0.5) is 4.39 Å². The Morgan fingerprint density at radius 1 is 1.00 bits per heavy atom. The summed E-state index contributed by atoms with van der Waals surface area (Å²) in [5, 5.41) is 0. The molecule has 0 heterocycles. The Balaban J connectivity index is 1.83. The molecular weight excluding hydrogens is 231 g/mol. The second kappa shape index (κ2) is 5.96. The van der Waals surface area contributed by atoms with Crippen LogP contribution in [0.3, 0.4) is 0 Å². The Morgan fingerprint density at radius 3 is 2.33 bits per heavy atom. The quantitative estimate of drug-likeness (QED) is 0.609. The Labute approximate surface area is 105 Å². The van der Waals surface area contributed by atoms with Gasteiger partial charge in [-0.05, 0) is 36.2 Å². The lowest BCUT2D eigenvalue weighted by atomic mass is 10.1. The van der Waals surface area contributed by atoms with Gasteiger partial charge in [-0.25, -0.2) is 4.39 Å². The number of carbonyl (C=O) groups is 1. The lowest BCUT2D eigenvalue weighted by Crippen LogP contribution is -2.08. The van der Waals surface area contributed by atoms with E-state index in [2.05, 4.69) is 0 Å². The summed E-state index contributed by atoms with van der Waals surface area (Å²) in [6.07, 6.45) is 0.826. The topological polar surface area (TPSA) is 26.3 Å². The molecule has 2 aromatic rings. The van der Waals surface area contributed by atoms with Crippen LogP contribution in [0.15, 0.2) is 54.6 Å². The number of hydrogen-bond acceptors (Lipinski definition) is 2. The second-order valence-corrected chi connectivity index (χ2v) is 3.91. The summed E-state index contributed by atoms with van der Waals surface area (Å²) < 4.78 is 17.8. The lowest BCUT2D eigenvalue weighted by molar-refractivity contribution is -0.134. The highest BCUT2D eigenvalue weighted by Gasteiger charge is 2.05. The number of esters is 1. The molecule has 0 bridgehead atoms. The average Bonchev–Trinajstić information content (AvgIpc) is 2.39. The molecule has 0 aliphatic rings. The minimum absolute atomic E-state index is 0.273. The molecule has 0 aliphatic carbocycles. The molecule has 2 aromatic carbocycles. The number of ether oxygens (including phenoxy) is 1. The summed E-state index contributed by atoms with van der Waals surface area (Å²) in [7, 11) is 0. The van der Waals surface area contributed by atoms with Crippen molar-refractivity contribution in [1.82, 2.24) is 0 Å². The molecule has 0 atom stereocenters. The number of benzene rings is 2. The van der Waals surface area contributed by atoms with Gasteiger partial charge in [-0.1, -0.05) is 30.3 Å². The summed E-state index contributed by atoms with van der Waals surface area (Å²) in [5.41, 5.74) is 0.918. The summed E-state index contributed by atoms with van der Waals surface area (Å²) in [4.78, 5) is 11.6. The second-order valence-electron chi connectivity index (χ2n) is 3.91. The Bertz CT molecular complexity index is 506. The van der Waals surface area contributed by atoms with Crippen molar-refractivity contribution < 1.29 is 13.9 Å². The molecule has 0 aliphatic heterocycles. The third-order valence-electron chi connectivity index (χ3n) is 2.51. The van der Waals surface area contributed by atoms with Gasteiger partial charge >= 0.3 is 5.97 Å². The predicted molar refractivity (Wildman–Crippen MR) is 66.8 cm³/mol. The van der Waals surface area contributed by atoms with Gasteiger partial charge in [-0.15, -0.1) is 0 Å². The number of para-hydroxylation sites is 1. The van der Waals surface area contributed by atoms with Crippen LogP contribution in [0.1, 0.15) is 12.0 Å². The molecule has 2 nitrogen and oxygen atoms in total. The fourth-order valence-electron chi connectivity index (χ4n) is 1.57. The van der Waals surface area contributed by atoms with Crippen LogP contribution in [0.5, 0.6) is 5.75 Å². The predicted octanol–water partition coefficient (Wildman–Crippen LogP) is 3.36. The average molecular weight is 244 g/mol. The maximum Gasteiger partial charge on any atom is 0.311 e. The molecule has 92 valence electrons. The molecule has 0 unspecified atom stereocenters. The molecule has 0 N–H and O–H groups in total. The number of rotatable bonds is 4. The first-order valence-corrected chi connectivity index (χ1v) is 5.74. The largest absolute Gasteiger partial charge is 0.427 e. The van der Waals surface area contributed by atoms with E-state index in [1.807, 2.05) is 18.2 Å². The fourth-order valence-corrected chi connectivity index (χ4v) is 1.57. The summed E-state index contributed by atoms with van der Waals surface area (Å²) in [5.74, 6) is -0.0160. The molecule has 0 aromatic heterocycles. The Hall–Kier alpha value is -2.16. The molecule has 2 rings (SSSR count). The van der Waals surface area contributed by atoms with Crippen molar-refractivity contribution in [1.29, 1.82) is 0 Å². The van der Waals surface area contributed by atoms with Crippen molar-refractivity contribution in [3.63, 3.8) is 0 Å². The number of halogens is 1. The van der Waals surface area contributed by atoms with Crippen LogP contribution < -0.4 is 4.74 Å². The van der Waals surface area contributed by atoms with E-state index in [0.29, 0.717) is 12.2 Å². The van der Waals surface area contributed by atoms with Crippen LogP contribution in [0.25, 0.3) is 0 Å². The summed E-state index contributed by atoms with van der Waals surface area (Å²) >= 11 is 0. The number of aryl methyl sites for hydroxylation is 1. The minimum Gasteiger partial charge on any atom is -0.427 e. The van der Waals surface area contributed by atoms with Gasteiger partial charge < -0.3 is 4.74 Å². The number of hydrogen-bond donors (Lipinski definition) is 0. The zero-order chi connectivity index (χ0) is 12.8.